The molecule has 0 unspecified atom stereocenters. The number of carbonyl (C=O) groups is 1. The molecule has 2 aromatic heterocycles. The zero-order chi connectivity index (χ0) is 20.4. The third-order valence-electron chi connectivity index (χ3n) is 5.56. The molecular formula is C22H27N5O2. The molecule has 1 saturated heterocycles. The molecular weight excluding hydrogens is 366 g/mol. The SMILES string of the molecule is CCc1ccc(NC(=O)[C@H]2CCCN(c3nc(C)nc4onc(CC)c34)C2)cc1. The van der Waals surface area contributed by atoms with Crippen LogP contribution in [0.25, 0.3) is 11.1 Å². The first-order valence-corrected chi connectivity index (χ1v) is 10.4. The Morgan fingerprint density at radius 3 is 2.72 bits per heavy atom. The van der Waals surface area contributed by atoms with Crippen molar-refractivity contribution in [2.75, 3.05) is 23.3 Å². The molecule has 4 rings (SSSR count). The quantitative estimate of drug-likeness (QED) is 0.708. The van der Waals surface area contributed by atoms with Crippen molar-refractivity contribution >= 4 is 28.5 Å². The average molecular weight is 393 g/mol. The molecule has 7 nitrogen and oxygen atoms in total. The van der Waals surface area contributed by atoms with Crippen LogP contribution in [-0.4, -0.2) is 34.1 Å². The Balaban J connectivity index is 1.54. The van der Waals surface area contributed by atoms with Crippen LogP contribution in [0.5, 0.6) is 0 Å². The van der Waals surface area contributed by atoms with Crippen LogP contribution in [-0.2, 0) is 17.6 Å². The number of piperidine rings is 1. The van der Waals surface area contributed by atoms with E-state index >= 15 is 0 Å². The summed E-state index contributed by atoms with van der Waals surface area (Å²) in [6.07, 6.45) is 3.54. The number of benzene rings is 1. The second-order valence-corrected chi connectivity index (χ2v) is 7.58. The van der Waals surface area contributed by atoms with Gasteiger partial charge in [-0.2, -0.15) is 4.98 Å². The number of aryl methyl sites for hydroxylation is 3. The minimum atomic E-state index is -0.0927. The standard InChI is InChI=1S/C22H27N5O2/c1-4-15-8-10-17(11-9-15)25-21(28)16-7-6-12-27(13-16)20-19-18(5-2)26-29-22(19)24-14(3)23-20/h8-11,16H,4-7,12-13H2,1-3H3,(H,25,28)/t16-/m0/s1. The van der Waals surface area contributed by atoms with E-state index in [9.17, 15) is 4.79 Å². The lowest BCUT2D eigenvalue weighted by atomic mass is 9.96. The second-order valence-electron chi connectivity index (χ2n) is 7.58. The Labute approximate surface area is 170 Å². The Bertz CT molecular complexity index is 1010. The molecule has 0 radical (unpaired) electrons. The van der Waals surface area contributed by atoms with Crippen molar-refractivity contribution < 1.29 is 9.32 Å². The van der Waals surface area contributed by atoms with Gasteiger partial charge in [0.1, 0.15) is 17.0 Å². The third-order valence-corrected chi connectivity index (χ3v) is 5.56. The number of hydrogen-bond donors (Lipinski definition) is 1. The van der Waals surface area contributed by atoms with Crippen LogP contribution in [0.3, 0.4) is 0 Å². The number of rotatable bonds is 5. The lowest BCUT2D eigenvalue weighted by molar-refractivity contribution is -0.120. The van der Waals surface area contributed by atoms with Gasteiger partial charge in [-0.05, 0) is 50.3 Å². The molecule has 0 saturated carbocycles. The summed E-state index contributed by atoms with van der Waals surface area (Å²) in [5.41, 5.74) is 3.48. The topological polar surface area (TPSA) is 84.2 Å². The Kier molecular flexibility index (Phi) is 5.47. The molecule has 1 aliphatic heterocycles. The first-order valence-electron chi connectivity index (χ1n) is 10.4. The maximum absolute atomic E-state index is 12.9. The van der Waals surface area contributed by atoms with Gasteiger partial charge in [0, 0.05) is 18.8 Å². The fourth-order valence-electron chi connectivity index (χ4n) is 3.92. The number of anilines is 2. The smallest absolute Gasteiger partial charge is 0.263 e. The van der Waals surface area contributed by atoms with Gasteiger partial charge in [0.15, 0.2) is 0 Å². The molecule has 152 valence electrons. The normalized spacial score (nSPS) is 16.9. The highest BCUT2D eigenvalue weighted by Crippen LogP contribution is 2.31. The van der Waals surface area contributed by atoms with Crippen LogP contribution < -0.4 is 10.2 Å². The van der Waals surface area contributed by atoms with Gasteiger partial charge in [0.2, 0.25) is 5.91 Å². The predicted octanol–water partition coefficient (Wildman–Crippen LogP) is 3.91. The highest BCUT2D eigenvalue weighted by atomic mass is 16.5. The van der Waals surface area contributed by atoms with Crippen molar-refractivity contribution in [3.63, 3.8) is 0 Å². The number of hydrogen-bond acceptors (Lipinski definition) is 6. The second kappa shape index (κ2) is 8.19. The van der Waals surface area contributed by atoms with Crippen LogP contribution >= 0.6 is 0 Å². The molecule has 0 spiro atoms. The number of aromatic nitrogens is 3. The summed E-state index contributed by atoms with van der Waals surface area (Å²) >= 11 is 0. The molecule has 29 heavy (non-hydrogen) atoms. The van der Waals surface area contributed by atoms with Gasteiger partial charge in [-0.3, -0.25) is 4.79 Å². The van der Waals surface area contributed by atoms with Crippen molar-refractivity contribution in [2.24, 2.45) is 5.92 Å². The van der Waals surface area contributed by atoms with Gasteiger partial charge in [0.25, 0.3) is 5.71 Å². The van der Waals surface area contributed by atoms with E-state index < -0.39 is 0 Å². The molecule has 1 aromatic carbocycles. The molecule has 1 fully saturated rings. The lowest BCUT2D eigenvalue weighted by Gasteiger charge is -2.33. The third kappa shape index (κ3) is 3.95. The molecule has 1 atom stereocenters. The first-order chi connectivity index (χ1) is 14.1. The number of fused-ring (bicyclic) bond motifs is 1. The van der Waals surface area contributed by atoms with Crippen LogP contribution in [0.4, 0.5) is 11.5 Å². The fraction of sp³-hybridized carbons (Fsp3) is 0.455. The van der Waals surface area contributed by atoms with Crippen LogP contribution in [0, 0.1) is 12.8 Å². The lowest BCUT2D eigenvalue weighted by Crippen LogP contribution is -2.41. The van der Waals surface area contributed by atoms with E-state index in [1.807, 2.05) is 26.0 Å². The van der Waals surface area contributed by atoms with Crippen molar-refractivity contribution in [3.05, 3.63) is 41.3 Å². The van der Waals surface area contributed by atoms with Gasteiger partial charge in [-0.15, -0.1) is 0 Å². The summed E-state index contributed by atoms with van der Waals surface area (Å²) in [5.74, 6) is 1.44. The first kappa shape index (κ1) is 19.4. The maximum Gasteiger partial charge on any atom is 0.263 e. The average Bonchev–Trinajstić information content (AvgIpc) is 3.16. The number of amides is 1. The Morgan fingerprint density at radius 2 is 2.00 bits per heavy atom. The van der Waals surface area contributed by atoms with Crippen molar-refractivity contribution in [2.45, 2.75) is 46.5 Å². The van der Waals surface area contributed by atoms with E-state index in [0.29, 0.717) is 18.1 Å². The summed E-state index contributed by atoms with van der Waals surface area (Å²) in [7, 11) is 0. The van der Waals surface area contributed by atoms with Crippen LogP contribution in [0.2, 0.25) is 0 Å². The van der Waals surface area contributed by atoms with Gasteiger partial charge >= 0.3 is 0 Å². The zero-order valence-electron chi connectivity index (χ0n) is 17.2. The minimum Gasteiger partial charge on any atom is -0.355 e. The zero-order valence-corrected chi connectivity index (χ0v) is 17.2. The van der Waals surface area contributed by atoms with Crippen molar-refractivity contribution in [1.29, 1.82) is 0 Å². The Hall–Kier alpha value is -2.96. The summed E-state index contributed by atoms with van der Waals surface area (Å²) in [5, 5.41) is 8.09. The van der Waals surface area contributed by atoms with E-state index in [2.05, 4.69) is 44.4 Å². The monoisotopic (exact) mass is 393 g/mol. The highest BCUT2D eigenvalue weighted by Gasteiger charge is 2.29. The fourth-order valence-corrected chi connectivity index (χ4v) is 3.92. The molecule has 3 aromatic rings. The summed E-state index contributed by atoms with van der Waals surface area (Å²) < 4.78 is 5.42. The van der Waals surface area contributed by atoms with Crippen LogP contribution in [0.15, 0.2) is 28.8 Å². The van der Waals surface area contributed by atoms with Gasteiger partial charge < -0.3 is 14.7 Å². The summed E-state index contributed by atoms with van der Waals surface area (Å²) in [4.78, 5) is 24.1. The molecule has 3 heterocycles. The van der Waals surface area contributed by atoms with E-state index in [-0.39, 0.29) is 11.8 Å². The predicted molar refractivity (Wildman–Crippen MR) is 113 cm³/mol. The number of carbonyl (C=O) groups excluding carboxylic acids is 1. The molecule has 1 amide bonds. The van der Waals surface area contributed by atoms with Gasteiger partial charge in [-0.25, -0.2) is 4.98 Å². The summed E-state index contributed by atoms with van der Waals surface area (Å²) in [6.45, 7) is 7.49. The van der Waals surface area contributed by atoms with E-state index in [4.69, 9.17) is 4.52 Å². The number of nitrogens with zero attached hydrogens (tertiary/aromatic N) is 4. The van der Waals surface area contributed by atoms with Crippen molar-refractivity contribution in [3.8, 4) is 0 Å². The van der Waals surface area contributed by atoms with Gasteiger partial charge in [-0.1, -0.05) is 31.1 Å². The van der Waals surface area contributed by atoms with Crippen LogP contribution in [0.1, 0.15) is 43.8 Å². The Morgan fingerprint density at radius 1 is 1.21 bits per heavy atom. The highest BCUT2D eigenvalue weighted by molar-refractivity contribution is 5.94. The van der Waals surface area contributed by atoms with Crippen molar-refractivity contribution in [1.82, 2.24) is 15.1 Å². The largest absolute Gasteiger partial charge is 0.355 e. The molecule has 0 bridgehead atoms. The molecule has 1 aliphatic rings. The number of nitrogens with one attached hydrogen (secondary N) is 1. The van der Waals surface area contributed by atoms with E-state index in [1.165, 1.54) is 5.56 Å². The van der Waals surface area contributed by atoms with E-state index in [0.717, 1.165) is 54.8 Å². The molecule has 1 N–H and O–H groups in total. The summed E-state index contributed by atoms with van der Waals surface area (Å²) in [6, 6.07) is 8.06. The minimum absolute atomic E-state index is 0.0574. The maximum atomic E-state index is 12.9. The molecule has 7 heteroatoms. The van der Waals surface area contributed by atoms with E-state index in [1.54, 1.807) is 0 Å². The molecule has 0 aliphatic carbocycles. The van der Waals surface area contributed by atoms with Gasteiger partial charge in [0.05, 0.1) is 11.6 Å².